The van der Waals surface area contributed by atoms with E-state index in [0.717, 1.165) is 11.1 Å². The van der Waals surface area contributed by atoms with Gasteiger partial charge in [-0.25, -0.2) is 4.39 Å². The Kier molecular flexibility index (Phi) is 4.49. The minimum absolute atomic E-state index is 0.0377. The van der Waals surface area contributed by atoms with Crippen LogP contribution in [0.25, 0.3) is 0 Å². The molecule has 0 aromatic heterocycles. The highest BCUT2D eigenvalue weighted by molar-refractivity contribution is 5.39. The molecule has 0 saturated carbocycles. The maximum absolute atomic E-state index is 13.2. The fourth-order valence-corrected chi connectivity index (χ4v) is 1.81. The Labute approximate surface area is 111 Å². The Morgan fingerprint density at radius 1 is 1.21 bits per heavy atom. The molecule has 0 atom stereocenters. The van der Waals surface area contributed by atoms with Crippen molar-refractivity contribution in [3.63, 3.8) is 0 Å². The smallest absolute Gasteiger partial charge is 0.132 e. The summed E-state index contributed by atoms with van der Waals surface area (Å²) < 4.78 is 19.0. The summed E-state index contributed by atoms with van der Waals surface area (Å²) >= 11 is 0. The summed E-state index contributed by atoms with van der Waals surface area (Å²) in [6, 6.07) is 11.6. The van der Waals surface area contributed by atoms with Crippen molar-refractivity contribution in [3.8, 4) is 11.5 Å². The van der Waals surface area contributed by atoms with E-state index < -0.39 is 0 Å². The minimum atomic E-state index is -0.290. The monoisotopic (exact) mass is 261 g/mol. The van der Waals surface area contributed by atoms with Crippen molar-refractivity contribution in [1.29, 1.82) is 0 Å². The van der Waals surface area contributed by atoms with E-state index in [1.807, 2.05) is 12.1 Å². The van der Waals surface area contributed by atoms with Crippen LogP contribution in [0.3, 0.4) is 0 Å². The van der Waals surface area contributed by atoms with Crippen molar-refractivity contribution in [3.05, 3.63) is 59.4 Å². The van der Waals surface area contributed by atoms with Gasteiger partial charge < -0.3 is 15.2 Å². The molecule has 0 bridgehead atoms. The molecule has 3 nitrogen and oxygen atoms in total. The third-order valence-electron chi connectivity index (χ3n) is 2.70. The van der Waals surface area contributed by atoms with E-state index in [1.54, 1.807) is 25.2 Å². The average molecular weight is 261 g/mol. The first-order chi connectivity index (χ1) is 9.22. The second kappa shape index (κ2) is 6.31. The van der Waals surface area contributed by atoms with Gasteiger partial charge in [-0.05, 0) is 42.9 Å². The van der Waals surface area contributed by atoms with Crippen LogP contribution < -0.4 is 10.1 Å². The molecular formula is C15H16FNO2. The van der Waals surface area contributed by atoms with Crippen LogP contribution in [0.15, 0.2) is 42.5 Å². The Balaban J connectivity index is 2.26. The number of aliphatic hydroxyl groups is 1. The number of rotatable bonds is 5. The molecule has 0 aliphatic heterocycles. The van der Waals surface area contributed by atoms with Crippen molar-refractivity contribution in [2.45, 2.75) is 13.2 Å². The molecule has 2 aromatic carbocycles. The fourth-order valence-electron chi connectivity index (χ4n) is 1.81. The molecule has 2 rings (SSSR count). The lowest BCUT2D eigenvalue weighted by atomic mass is 10.2. The van der Waals surface area contributed by atoms with E-state index in [2.05, 4.69) is 5.32 Å². The van der Waals surface area contributed by atoms with E-state index in [-0.39, 0.29) is 12.4 Å². The molecule has 100 valence electrons. The second-order valence-electron chi connectivity index (χ2n) is 4.19. The van der Waals surface area contributed by atoms with Crippen LogP contribution in [0.5, 0.6) is 11.5 Å². The van der Waals surface area contributed by atoms with Crippen LogP contribution in [0.1, 0.15) is 11.1 Å². The zero-order valence-electron chi connectivity index (χ0n) is 10.7. The van der Waals surface area contributed by atoms with Crippen molar-refractivity contribution >= 4 is 0 Å². The van der Waals surface area contributed by atoms with Gasteiger partial charge in [0.1, 0.15) is 17.3 Å². The summed E-state index contributed by atoms with van der Waals surface area (Å²) in [6.45, 7) is 0.483. The van der Waals surface area contributed by atoms with Crippen LogP contribution in [-0.2, 0) is 13.2 Å². The van der Waals surface area contributed by atoms with Gasteiger partial charge in [0.2, 0.25) is 0 Å². The third-order valence-corrected chi connectivity index (χ3v) is 2.70. The summed E-state index contributed by atoms with van der Waals surface area (Å²) in [6.07, 6.45) is 0. The molecule has 4 heteroatoms. The van der Waals surface area contributed by atoms with Crippen molar-refractivity contribution < 1.29 is 14.2 Å². The van der Waals surface area contributed by atoms with Gasteiger partial charge in [0.05, 0.1) is 6.61 Å². The van der Waals surface area contributed by atoms with E-state index in [0.29, 0.717) is 18.0 Å². The molecular weight excluding hydrogens is 245 g/mol. The molecule has 0 spiro atoms. The highest BCUT2D eigenvalue weighted by atomic mass is 19.1. The van der Waals surface area contributed by atoms with E-state index in [9.17, 15) is 4.39 Å². The summed E-state index contributed by atoms with van der Waals surface area (Å²) in [7, 11) is 1.79. The molecule has 0 radical (unpaired) electrons. The molecule has 0 heterocycles. The van der Waals surface area contributed by atoms with Gasteiger partial charge in [-0.15, -0.1) is 0 Å². The highest BCUT2D eigenvalue weighted by Crippen LogP contribution is 2.26. The summed E-state index contributed by atoms with van der Waals surface area (Å²) in [4.78, 5) is 0. The number of hydrogen-bond acceptors (Lipinski definition) is 3. The lowest BCUT2D eigenvalue weighted by molar-refractivity contribution is 0.281. The normalized spacial score (nSPS) is 10.5. The van der Waals surface area contributed by atoms with Gasteiger partial charge in [0.25, 0.3) is 0 Å². The lowest BCUT2D eigenvalue weighted by Crippen LogP contribution is -2.06. The maximum atomic E-state index is 13.2. The molecule has 2 N–H and O–H groups in total. The first kappa shape index (κ1) is 13.5. The summed E-state index contributed by atoms with van der Waals surface area (Å²) in [5.41, 5.74) is 1.52. The molecule has 0 unspecified atom stereocenters. The van der Waals surface area contributed by atoms with Crippen LogP contribution >= 0.6 is 0 Å². The van der Waals surface area contributed by atoms with Crippen LogP contribution in [0.2, 0.25) is 0 Å². The molecule has 0 fully saturated rings. The average Bonchev–Trinajstić information content (AvgIpc) is 2.42. The Bertz CT molecular complexity index is 558. The Hall–Kier alpha value is -1.91. The zero-order valence-corrected chi connectivity index (χ0v) is 10.7. The summed E-state index contributed by atoms with van der Waals surface area (Å²) in [5.74, 6) is 0.933. The molecule has 0 aliphatic rings. The van der Waals surface area contributed by atoms with Crippen molar-refractivity contribution in [1.82, 2.24) is 5.32 Å². The van der Waals surface area contributed by atoms with Crippen molar-refractivity contribution in [2.75, 3.05) is 7.05 Å². The second-order valence-corrected chi connectivity index (χ2v) is 4.19. The quantitative estimate of drug-likeness (QED) is 0.869. The molecule has 0 aliphatic carbocycles. The number of aliphatic hydroxyl groups excluding tert-OH is 1. The number of ether oxygens (including phenoxy) is 1. The molecule has 19 heavy (non-hydrogen) atoms. The van der Waals surface area contributed by atoms with Crippen molar-refractivity contribution in [2.24, 2.45) is 0 Å². The number of benzene rings is 2. The molecule has 0 saturated heterocycles. The Morgan fingerprint density at radius 3 is 2.79 bits per heavy atom. The van der Waals surface area contributed by atoms with Gasteiger partial charge >= 0.3 is 0 Å². The van der Waals surface area contributed by atoms with Gasteiger partial charge in [0.15, 0.2) is 0 Å². The topological polar surface area (TPSA) is 41.5 Å². The van der Waals surface area contributed by atoms with Gasteiger partial charge in [-0.1, -0.05) is 12.1 Å². The van der Waals surface area contributed by atoms with Crippen LogP contribution in [0, 0.1) is 5.82 Å². The Morgan fingerprint density at radius 2 is 2.05 bits per heavy atom. The number of nitrogens with one attached hydrogen (secondary N) is 1. The van der Waals surface area contributed by atoms with Crippen LogP contribution in [0.4, 0.5) is 4.39 Å². The van der Waals surface area contributed by atoms with Gasteiger partial charge in [-0.3, -0.25) is 0 Å². The van der Waals surface area contributed by atoms with Crippen LogP contribution in [-0.4, -0.2) is 12.2 Å². The largest absolute Gasteiger partial charge is 0.457 e. The number of halogens is 1. The molecule has 0 amide bonds. The minimum Gasteiger partial charge on any atom is -0.457 e. The first-order valence-corrected chi connectivity index (χ1v) is 6.03. The maximum Gasteiger partial charge on any atom is 0.132 e. The molecule has 2 aromatic rings. The lowest BCUT2D eigenvalue weighted by Gasteiger charge is -2.11. The number of hydrogen-bond donors (Lipinski definition) is 2. The van der Waals surface area contributed by atoms with Gasteiger partial charge in [-0.2, -0.15) is 0 Å². The predicted octanol–water partition coefficient (Wildman–Crippen LogP) is 2.83. The standard InChI is InChI=1S/C15H16FNO2/c1-17-9-12-8-13(16)5-6-15(12)19-14-4-2-3-11(7-14)10-18/h2-8,17-18H,9-10H2,1H3. The first-order valence-electron chi connectivity index (χ1n) is 6.03. The predicted molar refractivity (Wildman–Crippen MR) is 71.6 cm³/mol. The highest BCUT2D eigenvalue weighted by Gasteiger charge is 2.06. The van der Waals surface area contributed by atoms with E-state index in [1.165, 1.54) is 12.1 Å². The fraction of sp³-hybridized carbons (Fsp3) is 0.200. The van der Waals surface area contributed by atoms with Gasteiger partial charge in [0, 0.05) is 12.1 Å². The third kappa shape index (κ3) is 3.53. The van der Waals surface area contributed by atoms with E-state index >= 15 is 0 Å². The van der Waals surface area contributed by atoms with E-state index in [4.69, 9.17) is 9.84 Å². The summed E-state index contributed by atoms with van der Waals surface area (Å²) in [5, 5.41) is 12.1. The SMILES string of the molecule is CNCc1cc(F)ccc1Oc1cccc(CO)c1. The zero-order chi connectivity index (χ0) is 13.7.